The van der Waals surface area contributed by atoms with Gasteiger partial charge in [0.2, 0.25) is 5.91 Å². The number of hydrogen-bond donors (Lipinski definition) is 1. The number of alkyl halides is 1. The van der Waals surface area contributed by atoms with Crippen LogP contribution in [-0.4, -0.2) is 62.4 Å². The molecule has 5 rings (SSSR count). The Morgan fingerprint density at radius 1 is 1.17 bits per heavy atom. The number of piperidine rings is 1. The average Bonchev–Trinajstić information content (AvgIpc) is 3.47. The molecule has 7 nitrogen and oxygen atoms in total. The van der Waals surface area contributed by atoms with E-state index in [9.17, 15) is 26.8 Å². The van der Waals surface area contributed by atoms with Crippen molar-refractivity contribution < 1.29 is 35.9 Å². The molecule has 2 saturated heterocycles. The van der Waals surface area contributed by atoms with Crippen molar-refractivity contribution in [2.45, 2.75) is 41.5 Å². The van der Waals surface area contributed by atoms with Gasteiger partial charge in [0.1, 0.15) is 17.7 Å². The van der Waals surface area contributed by atoms with Crippen molar-refractivity contribution in [3.63, 3.8) is 0 Å². The van der Waals surface area contributed by atoms with Crippen molar-refractivity contribution in [3.05, 3.63) is 64.2 Å². The van der Waals surface area contributed by atoms with Crippen LogP contribution < -0.4 is 5.32 Å². The van der Waals surface area contributed by atoms with Gasteiger partial charge in [0, 0.05) is 23.4 Å². The van der Waals surface area contributed by atoms with Gasteiger partial charge in [-0.25, -0.2) is 21.6 Å². The van der Waals surface area contributed by atoms with Crippen LogP contribution in [0.3, 0.4) is 0 Å². The standard InChI is InChI=1S/C24H22ClF3N2O5S/c1-36(33,34)14-4-2-3-12(5-14)23(32)30-19-6-13(19)7-20(30)22(31)29-21(24(28)10-35-11-24)15-8-18(27)16(25)9-17(15)26/h2-5,8-9,13,19-21H,6-7,10-11H2,1H3,(H,29,31)/t13?,19-,20-,21+/m1/s1. The Morgan fingerprint density at radius 2 is 1.89 bits per heavy atom. The minimum absolute atomic E-state index is 0.0365. The van der Waals surface area contributed by atoms with E-state index in [0.29, 0.717) is 18.9 Å². The molecule has 192 valence electrons. The maximum atomic E-state index is 15.5. The molecule has 0 radical (unpaired) electrons. The topological polar surface area (TPSA) is 92.8 Å². The number of sulfone groups is 1. The maximum Gasteiger partial charge on any atom is 0.254 e. The summed E-state index contributed by atoms with van der Waals surface area (Å²) in [6, 6.07) is 4.19. The van der Waals surface area contributed by atoms with Crippen LogP contribution in [0, 0.1) is 17.6 Å². The normalized spacial score (nSPS) is 25.0. The van der Waals surface area contributed by atoms with E-state index in [4.69, 9.17) is 16.3 Å². The number of halogens is 4. The summed E-state index contributed by atoms with van der Waals surface area (Å²) in [5.74, 6) is -3.15. The summed E-state index contributed by atoms with van der Waals surface area (Å²) in [6.07, 6.45) is 2.02. The molecule has 1 N–H and O–H groups in total. The van der Waals surface area contributed by atoms with E-state index < -0.39 is 74.8 Å². The van der Waals surface area contributed by atoms with Gasteiger partial charge in [-0.3, -0.25) is 9.59 Å². The molecule has 1 unspecified atom stereocenters. The smallest absolute Gasteiger partial charge is 0.254 e. The number of nitrogens with one attached hydrogen (secondary N) is 1. The molecule has 0 bridgehead atoms. The zero-order valence-corrected chi connectivity index (χ0v) is 20.6. The van der Waals surface area contributed by atoms with Gasteiger partial charge in [-0.15, -0.1) is 0 Å². The molecule has 2 aliphatic heterocycles. The molecule has 1 aliphatic carbocycles. The molecule has 12 heteroatoms. The van der Waals surface area contributed by atoms with Gasteiger partial charge in [-0.1, -0.05) is 17.7 Å². The minimum Gasteiger partial charge on any atom is -0.374 e. The van der Waals surface area contributed by atoms with Crippen LogP contribution in [0.1, 0.15) is 34.8 Å². The molecular weight excluding hydrogens is 521 g/mol. The molecule has 3 aliphatic rings. The predicted molar refractivity (Wildman–Crippen MR) is 123 cm³/mol. The first-order valence-corrected chi connectivity index (χ1v) is 13.5. The molecule has 2 amide bonds. The third-order valence-electron chi connectivity index (χ3n) is 6.99. The number of amides is 2. The number of ether oxygens (including phenoxy) is 1. The van der Waals surface area contributed by atoms with Gasteiger partial charge in [-0.05, 0) is 49.1 Å². The lowest BCUT2D eigenvalue weighted by atomic mass is 9.87. The van der Waals surface area contributed by atoms with Crippen molar-refractivity contribution >= 4 is 33.3 Å². The Morgan fingerprint density at radius 3 is 2.53 bits per heavy atom. The first-order valence-electron chi connectivity index (χ1n) is 11.2. The number of benzene rings is 2. The van der Waals surface area contributed by atoms with Gasteiger partial charge in [0.25, 0.3) is 5.91 Å². The lowest BCUT2D eigenvalue weighted by molar-refractivity contribution is -0.155. The highest BCUT2D eigenvalue weighted by Gasteiger charge is 2.57. The third kappa shape index (κ3) is 4.37. The summed E-state index contributed by atoms with van der Waals surface area (Å²) in [6.45, 7) is -0.864. The Hall–Kier alpha value is -2.63. The zero-order chi connectivity index (χ0) is 26.0. The Kier molecular flexibility index (Phi) is 6.08. The van der Waals surface area contributed by atoms with Gasteiger partial charge in [-0.2, -0.15) is 0 Å². The highest BCUT2D eigenvalue weighted by Crippen LogP contribution is 2.49. The molecule has 2 heterocycles. The van der Waals surface area contributed by atoms with Crippen LogP contribution in [0.2, 0.25) is 5.02 Å². The second-order valence-corrected chi connectivity index (χ2v) is 12.0. The summed E-state index contributed by atoms with van der Waals surface area (Å²) < 4.78 is 73.1. The fraction of sp³-hybridized carbons (Fsp3) is 0.417. The Bertz CT molecular complexity index is 1370. The highest BCUT2D eigenvalue weighted by atomic mass is 35.5. The van der Waals surface area contributed by atoms with E-state index in [1.165, 1.54) is 29.2 Å². The zero-order valence-electron chi connectivity index (χ0n) is 19.0. The molecule has 0 spiro atoms. The minimum atomic E-state index is -3.56. The fourth-order valence-electron chi connectivity index (χ4n) is 4.94. The van der Waals surface area contributed by atoms with E-state index in [-0.39, 0.29) is 22.4 Å². The van der Waals surface area contributed by atoms with Gasteiger partial charge in [0.05, 0.1) is 29.2 Å². The molecular formula is C24H22ClF3N2O5S. The second kappa shape index (κ2) is 8.74. The quantitative estimate of drug-likeness (QED) is 0.566. The Labute approximate surface area is 210 Å². The van der Waals surface area contributed by atoms with E-state index >= 15 is 4.39 Å². The third-order valence-corrected chi connectivity index (χ3v) is 8.39. The monoisotopic (exact) mass is 542 g/mol. The molecule has 1 saturated carbocycles. The van der Waals surface area contributed by atoms with Crippen LogP contribution in [0.25, 0.3) is 0 Å². The second-order valence-electron chi connectivity index (χ2n) is 9.58. The maximum absolute atomic E-state index is 15.5. The number of carbonyl (C=O) groups excluding carboxylic acids is 2. The molecule has 2 aromatic carbocycles. The van der Waals surface area contributed by atoms with Crippen molar-refractivity contribution in [2.75, 3.05) is 19.5 Å². The SMILES string of the molecule is CS(=O)(=O)c1cccc(C(=O)N2[C@@H](C(=O)N[C@@H](c3cc(F)c(Cl)cc3F)C3(F)COC3)CC3C[C@H]32)c1. The van der Waals surface area contributed by atoms with Gasteiger partial charge in [0.15, 0.2) is 15.5 Å². The van der Waals surface area contributed by atoms with Gasteiger partial charge >= 0.3 is 0 Å². The summed E-state index contributed by atoms with van der Waals surface area (Å²) in [5.41, 5.74) is -2.50. The first kappa shape index (κ1) is 25.0. The summed E-state index contributed by atoms with van der Waals surface area (Å²) in [7, 11) is -3.56. The van der Waals surface area contributed by atoms with Crippen LogP contribution in [0.15, 0.2) is 41.3 Å². The van der Waals surface area contributed by atoms with Crippen molar-refractivity contribution in [1.82, 2.24) is 10.2 Å². The summed E-state index contributed by atoms with van der Waals surface area (Å²) >= 11 is 5.63. The highest BCUT2D eigenvalue weighted by molar-refractivity contribution is 7.90. The predicted octanol–water partition coefficient (Wildman–Crippen LogP) is 3.22. The van der Waals surface area contributed by atoms with E-state index in [2.05, 4.69) is 5.32 Å². The largest absolute Gasteiger partial charge is 0.374 e. The van der Waals surface area contributed by atoms with E-state index in [0.717, 1.165) is 12.3 Å². The van der Waals surface area contributed by atoms with Crippen LogP contribution >= 0.6 is 11.6 Å². The fourth-order valence-corrected chi connectivity index (χ4v) is 5.76. The Balaban J connectivity index is 1.43. The molecule has 2 aromatic rings. The number of nitrogens with zero attached hydrogens (tertiary/aromatic N) is 1. The average molecular weight is 543 g/mol. The van der Waals surface area contributed by atoms with E-state index in [1.54, 1.807) is 0 Å². The van der Waals surface area contributed by atoms with Crippen molar-refractivity contribution in [3.8, 4) is 0 Å². The van der Waals surface area contributed by atoms with Crippen molar-refractivity contribution in [1.29, 1.82) is 0 Å². The molecule has 4 atom stereocenters. The molecule has 36 heavy (non-hydrogen) atoms. The number of rotatable bonds is 6. The van der Waals surface area contributed by atoms with Crippen molar-refractivity contribution in [2.24, 2.45) is 5.92 Å². The first-order chi connectivity index (χ1) is 16.9. The molecule has 3 fully saturated rings. The summed E-state index contributed by atoms with van der Waals surface area (Å²) in [4.78, 5) is 28.1. The molecule has 0 aromatic heterocycles. The van der Waals surface area contributed by atoms with Crippen LogP contribution in [0.5, 0.6) is 0 Å². The van der Waals surface area contributed by atoms with Gasteiger partial charge < -0.3 is 15.0 Å². The number of fused-ring (bicyclic) bond motifs is 1. The number of hydrogen-bond acceptors (Lipinski definition) is 5. The van der Waals surface area contributed by atoms with Crippen LogP contribution in [0.4, 0.5) is 13.2 Å². The lowest BCUT2D eigenvalue weighted by Gasteiger charge is -2.41. The lowest BCUT2D eigenvalue weighted by Crippen LogP contribution is -2.58. The van der Waals surface area contributed by atoms with Crippen LogP contribution in [-0.2, 0) is 19.4 Å². The summed E-state index contributed by atoms with van der Waals surface area (Å²) in [5, 5.41) is 2.00. The number of likely N-dealkylation sites (tertiary alicyclic amines) is 1. The number of carbonyl (C=O) groups is 2. The van der Waals surface area contributed by atoms with E-state index in [1.807, 2.05) is 0 Å².